The number of ketones is 1. The van der Waals surface area contributed by atoms with E-state index >= 15 is 0 Å². The summed E-state index contributed by atoms with van der Waals surface area (Å²) in [5.41, 5.74) is 3.00. The maximum Gasteiger partial charge on any atom is 0.271 e. The van der Waals surface area contributed by atoms with Gasteiger partial charge in [0.2, 0.25) is 0 Å². The molecule has 1 aliphatic heterocycles. The monoisotopic (exact) mass is 383 g/mol. The van der Waals surface area contributed by atoms with Gasteiger partial charge >= 0.3 is 0 Å². The Kier molecular flexibility index (Phi) is 4.85. The highest BCUT2D eigenvalue weighted by Crippen LogP contribution is 2.30. The summed E-state index contributed by atoms with van der Waals surface area (Å²) >= 11 is 0. The lowest BCUT2D eigenvalue weighted by Crippen LogP contribution is -2.41. The average Bonchev–Trinajstić information content (AvgIpc) is 3.22. The standard InChI is InChI=1S/C21H29N5O2/c1-12(2)8-9-17-23-20-14(4)25(10-11-26(20)24-17)21(28)19-13(3)18-15(22-19)6-5-7-16(18)27/h12,14,22H,5-11H2,1-4H3/t14-/m1/s1. The Morgan fingerprint density at radius 3 is 2.79 bits per heavy atom. The number of amides is 1. The molecule has 1 atom stereocenters. The third kappa shape index (κ3) is 3.16. The first-order valence-electron chi connectivity index (χ1n) is 10.4. The zero-order chi connectivity index (χ0) is 20.0. The van der Waals surface area contributed by atoms with E-state index < -0.39 is 0 Å². The third-order valence-electron chi connectivity index (χ3n) is 6.00. The molecule has 2 aliphatic rings. The molecule has 150 valence electrons. The maximum atomic E-state index is 13.3. The second-order valence-electron chi connectivity index (χ2n) is 8.47. The fourth-order valence-corrected chi connectivity index (χ4v) is 4.34. The van der Waals surface area contributed by atoms with Gasteiger partial charge in [-0.05, 0) is 44.6 Å². The first-order chi connectivity index (χ1) is 13.4. The molecule has 0 aromatic carbocycles. The number of rotatable bonds is 4. The molecule has 28 heavy (non-hydrogen) atoms. The van der Waals surface area contributed by atoms with Crippen LogP contribution in [0.3, 0.4) is 0 Å². The van der Waals surface area contributed by atoms with Gasteiger partial charge < -0.3 is 9.88 Å². The number of nitrogens with one attached hydrogen (secondary N) is 1. The molecule has 1 N–H and O–H groups in total. The lowest BCUT2D eigenvalue weighted by Gasteiger charge is -2.32. The van der Waals surface area contributed by atoms with Crippen molar-refractivity contribution in [1.29, 1.82) is 0 Å². The zero-order valence-electron chi connectivity index (χ0n) is 17.2. The Hall–Kier alpha value is -2.44. The summed E-state index contributed by atoms with van der Waals surface area (Å²) in [4.78, 5) is 35.4. The topological polar surface area (TPSA) is 83.9 Å². The van der Waals surface area contributed by atoms with Crippen LogP contribution in [0.2, 0.25) is 0 Å². The first kappa shape index (κ1) is 18.9. The van der Waals surface area contributed by atoms with Gasteiger partial charge in [0.25, 0.3) is 5.91 Å². The molecule has 1 aliphatic carbocycles. The maximum absolute atomic E-state index is 13.3. The molecule has 1 amide bonds. The van der Waals surface area contributed by atoms with Crippen LogP contribution in [0.25, 0.3) is 0 Å². The molecule has 2 aromatic rings. The molecular weight excluding hydrogens is 354 g/mol. The number of aromatic nitrogens is 4. The summed E-state index contributed by atoms with van der Waals surface area (Å²) in [6.45, 7) is 9.53. The van der Waals surface area contributed by atoms with Gasteiger partial charge in [-0.2, -0.15) is 5.10 Å². The molecular formula is C21H29N5O2. The van der Waals surface area contributed by atoms with Crippen LogP contribution in [-0.2, 0) is 19.4 Å². The van der Waals surface area contributed by atoms with E-state index in [4.69, 9.17) is 4.98 Å². The fourth-order valence-electron chi connectivity index (χ4n) is 4.34. The van der Waals surface area contributed by atoms with Gasteiger partial charge in [0.15, 0.2) is 11.6 Å². The average molecular weight is 383 g/mol. The summed E-state index contributed by atoms with van der Waals surface area (Å²) in [6, 6.07) is -0.142. The van der Waals surface area contributed by atoms with Crippen molar-refractivity contribution in [3.63, 3.8) is 0 Å². The summed E-state index contributed by atoms with van der Waals surface area (Å²) in [5, 5.41) is 4.64. The van der Waals surface area contributed by atoms with Gasteiger partial charge in [0.1, 0.15) is 11.5 Å². The number of Topliss-reactive ketones (excluding diaryl/α,β-unsaturated/α-hetero) is 1. The number of nitrogens with zero attached hydrogens (tertiary/aromatic N) is 4. The van der Waals surface area contributed by atoms with E-state index in [1.807, 2.05) is 23.4 Å². The van der Waals surface area contributed by atoms with Gasteiger partial charge in [0.05, 0.1) is 12.6 Å². The van der Waals surface area contributed by atoms with E-state index in [9.17, 15) is 9.59 Å². The summed E-state index contributed by atoms with van der Waals surface area (Å²) in [5.74, 6) is 2.42. The van der Waals surface area contributed by atoms with Gasteiger partial charge in [0, 0.05) is 30.6 Å². The smallest absolute Gasteiger partial charge is 0.271 e. The molecule has 7 nitrogen and oxygen atoms in total. The van der Waals surface area contributed by atoms with Crippen molar-refractivity contribution in [2.24, 2.45) is 5.92 Å². The first-order valence-corrected chi connectivity index (χ1v) is 10.4. The van der Waals surface area contributed by atoms with Crippen LogP contribution in [0.4, 0.5) is 0 Å². The van der Waals surface area contributed by atoms with E-state index in [0.717, 1.165) is 54.2 Å². The molecule has 0 fully saturated rings. The predicted octanol–water partition coefficient (Wildman–Crippen LogP) is 3.24. The van der Waals surface area contributed by atoms with Crippen LogP contribution in [0, 0.1) is 12.8 Å². The molecule has 0 unspecified atom stereocenters. The van der Waals surface area contributed by atoms with Crippen molar-refractivity contribution in [1.82, 2.24) is 24.6 Å². The van der Waals surface area contributed by atoms with Crippen molar-refractivity contribution < 1.29 is 9.59 Å². The van der Waals surface area contributed by atoms with Gasteiger partial charge in [-0.3, -0.25) is 9.59 Å². The number of carbonyl (C=O) groups excluding carboxylic acids is 2. The van der Waals surface area contributed by atoms with Gasteiger partial charge in [-0.15, -0.1) is 0 Å². The number of hydrogen-bond donors (Lipinski definition) is 1. The van der Waals surface area contributed by atoms with Crippen LogP contribution < -0.4 is 0 Å². The van der Waals surface area contributed by atoms with Gasteiger partial charge in [-0.25, -0.2) is 9.67 Å². The summed E-state index contributed by atoms with van der Waals surface area (Å²) < 4.78 is 1.94. The number of fused-ring (bicyclic) bond motifs is 2. The van der Waals surface area contributed by atoms with E-state index in [1.54, 1.807) is 0 Å². The molecule has 0 spiro atoms. The minimum absolute atomic E-state index is 0.0508. The van der Waals surface area contributed by atoms with Gasteiger partial charge in [-0.1, -0.05) is 13.8 Å². The minimum Gasteiger partial charge on any atom is -0.354 e. The number of aryl methyl sites for hydroxylation is 2. The summed E-state index contributed by atoms with van der Waals surface area (Å²) in [6.07, 6.45) is 4.17. The van der Waals surface area contributed by atoms with E-state index in [-0.39, 0.29) is 17.7 Å². The number of carbonyl (C=O) groups is 2. The van der Waals surface area contributed by atoms with E-state index in [2.05, 4.69) is 23.9 Å². The summed E-state index contributed by atoms with van der Waals surface area (Å²) in [7, 11) is 0. The van der Waals surface area contributed by atoms with Crippen LogP contribution >= 0.6 is 0 Å². The lowest BCUT2D eigenvalue weighted by molar-refractivity contribution is 0.0624. The fraction of sp³-hybridized carbons (Fsp3) is 0.619. The third-order valence-corrected chi connectivity index (χ3v) is 6.00. The van der Waals surface area contributed by atoms with Crippen molar-refractivity contribution in [2.75, 3.05) is 6.54 Å². The van der Waals surface area contributed by atoms with E-state index in [0.29, 0.717) is 31.1 Å². The SMILES string of the molecule is Cc1c(C(=O)N2CCn3nc(CCC(C)C)nc3[C@H]2C)[nH]c2c1C(=O)CCC2. The van der Waals surface area contributed by atoms with E-state index in [1.165, 1.54) is 0 Å². The molecule has 3 heterocycles. The second-order valence-corrected chi connectivity index (χ2v) is 8.47. The normalized spacial score (nSPS) is 19.1. The van der Waals surface area contributed by atoms with Crippen LogP contribution in [0.1, 0.15) is 89.8 Å². The van der Waals surface area contributed by atoms with Crippen LogP contribution in [0.5, 0.6) is 0 Å². The molecule has 0 saturated heterocycles. The Morgan fingerprint density at radius 2 is 2.07 bits per heavy atom. The molecule has 7 heteroatoms. The molecule has 0 bridgehead atoms. The Bertz CT molecular complexity index is 924. The highest BCUT2D eigenvalue weighted by atomic mass is 16.2. The van der Waals surface area contributed by atoms with Crippen LogP contribution in [-0.4, -0.2) is 42.9 Å². The number of hydrogen-bond acceptors (Lipinski definition) is 4. The van der Waals surface area contributed by atoms with Crippen molar-refractivity contribution in [3.05, 3.63) is 34.2 Å². The van der Waals surface area contributed by atoms with Crippen molar-refractivity contribution in [2.45, 2.75) is 72.4 Å². The molecule has 2 aromatic heterocycles. The predicted molar refractivity (Wildman–Crippen MR) is 105 cm³/mol. The van der Waals surface area contributed by atoms with Crippen LogP contribution in [0.15, 0.2) is 0 Å². The van der Waals surface area contributed by atoms with Crippen molar-refractivity contribution in [3.8, 4) is 0 Å². The molecule has 4 rings (SSSR count). The zero-order valence-corrected chi connectivity index (χ0v) is 17.2. The highest BCUT2D eigenvalue weighted by Gasteiger charge is 2.34. The Morgan fingerprint density at radius 1 is 1.29 bits per heavy atom. The second kappa shape index (κ2) is 7.18. The number of H-pyrrole nitrogens is 1. The Balaban J connectivity index is 1.58. The largest absolute Gasteiger partial charge is 0.354 e. The molecule has 0 radical (unpaired) electrons. The van der Waals surface area contributed by atoms with Crippen molar-refractivity contribution >= 4 is 11.7 Å². The minimum atomic E-state index is -0.142. The highest BCUT2D eigenvalue weighted by molar-refractivity contribution is 6.04. The number of aromatic amines is 1. The lowest BCUT2D eigenvalue weighted by atomic mass is 9.93. The quantitative estimate of drug-likeness (QED) is 0.878. The Labute approximate surface area is 165 Å². The molecule has 0 saturated carbocycles.